The van der Waals surface area contributed by atoms with Crippen molar-refractivity contribution in [2.45, 2.75) is 25.7 Å². The molecule has 1 aliphatic rings. The third-order valence-electron chi connectivity index (χ3n) is 2.03. The maximum absolute atomic E-state index is 5.54. The molecule has 4 heteroatoms. The molecule has 0 amide bonds. The average molecular weight is 189 g/mol. The van der Waals surface area contributed by atoms with E-state index in [2.05, 4.69) is 5.32 Å². The molecule has 0 aliphatic carbocycles. The van der Waals surface area contributed by atoms with Gasteiger partial charge in [-0.2, -0.15) is 0 Å². The lowest BCUT2D eigenvalue weighted by Gasteiger charge is -2.28. The van der Waals surface area contributed by atoms with Crippen LogP contribution in [0, 0.1) is 0 Å². The van der Waals surface area contributed by atoms with E-state index in [1.165, 1.54) is 0 Å². The Morgan fingerprint density at radius 1 is 1.54 bits per heavy atom. The molecule has 0 aromatic rings. The monoisotopic (exact) mass is 189 g/mol. The summed E-state index contributed by atoms with van der Waals surface area (Å²) in [5, 5.41) is 3.27. The maximum atomic E-state index is 5.54. The molecule has 0 saturated carbocycles. The normalized spacial score (nSPS) is 29.1. The van der Waals surface area contributed by atoms with Gasteiger partial charge in [-0.3, -0.25) is 0 Å². The van der Waals surface area contributed by atoms with Crippen molar-refractivity contribution >= 4 is 0 Å². The van der Waals surface area contributed by atoms with Crippen LogP contribution in [0.4, 0.5) is 0 Å². The van der Waals surface area contributed by atoms with Gasteiger partial charge in [0.2, 0.25) is 0 Å². The molecule has 1 N–H and O–H groups in total. The van der Waals surface area contributed by atoms with E-state index in [4.69, 9.17) is 14.2 Å². The topological polar surface area (TPSA) is 39.7 Å². The summed E-state index contributed by atoms with van der Waals surface area (Å²) in [5.74, 6) is 0. The first-order valence-corrected chi connectivity index (χ1v) is 4.79. The highest BCUT2D eigenvalue weighted by Crippen LogP contribution is 2.10. The third kappa shape index (κ3) is 4.57. The second-order valence-corrected chi connectivity index (χ2v) is 3.18. The molecular weight excluding hydrogens is 170 g/mol. The number of nitrogens with one attached hydrogen (secondary N) is 1. The summed E-state index contributed by atoms with van der Waals surface area (Å²) >= 11 is 0. The molecule has 0 aromatic heterocycles. The minimum atomic E-state index is -0.0528. The van der Waals surface area contributed by atoms with Crippen LogP contribution in [0.1, 0.15) is 13.3 Å². The second-order valence-electron chi connectivity index (χ2n) is 3.18. The Hall–Kier alpha value is -0.160. The number of hydrogen-bond donors (Lipinski definition) is 1. The summed E-state index contributed by atoms with van der Waals surface area (Å²) in [5.41, 5.74) is 0. The Bertz CT molecular complexity index is 132. The van der Waals surface area contributed by atoms with Crippen LogP contribution >= 0.6 is 0 Å². The van der Waals surface area contributed by atoms with Gasteiger partial charge >= 0.3 is 0 Å². The molecule has 4 nitrogen and oxygen atoms in total. The van der Waals surface area contributed by atoms with E-state index in [1.54, 1.807) is 7.11 Å². The highest BCUT2D eigenvalue weighted by atomic mass is 16.7. The second kappa shape index (κ2) is 6.32. The lowest BCUT2D eigenvalue weighted by Crippen LogP contribution is -2.38. The molecular formula is C9H19NO3. The molecule has 13 heavy (non-hydrogen) atoms. The zero-order valence-corrected chi connectivity index (χ0v) is 8.41. The SMILES string of the molecule is COCCNC[C@H]1CCO[C@@H](C)O1. The summed E-state index contributed by atoms with van der Waals surface area (Å²) in [6.45, 7) is 5.25. The van der Waals surface area contributed by atoms with E-state index in [1.807, 2.05) is 6.92 Å². The minimum absolute atomic E-state index is 0.0528. The van der Waals surface area contributed by atoms with Crippen LogP contribution in [0.3, 0.4) is 0 Å². The predicted octanol–water partition coefficient (Wildman–Crippen LogP) is 0.374. The summed E-state index contributed by atoms with van der Waals surface area (Å²) in [6.07, 6.45) is 1.22. The Kier molecular flexibility index (Phi) is 5.31. The summed E-state index contributed by atoms with van der Waals surface area (Å²) in [7, 11) is 1.70. The average Bonchev–Trinajstić information content (AvgIpc) is 2.13. The first-order valence-electron chi connectivity index (χ1n) is 4.79. The van der Waals surface area contributed by atoms with Gasteiger partial charge in [-0.25, -0.2) is 0 Å². The predicted molar refractivity (Wildman–Crippen MR) is 49.6 cm³/mol. The number of hydrogen-bond acceptors (Lipinski definition) is 4. The smallest absolute Gasteiger partial charge is 0.155 e. The van der Waals surface area contributed by atoms with E-state index in [9.17, 15) is 0 Å². The molecule has 0 bridgehead atoms. The number of rotatable bonds is 5. The lowest BCUT2D eigenvalue weighted by atomic mass is 10.2. The van der Waals surface area contributed by atoms with Crippen molar-refractivity contribution in [2.24, 2.45) is 0 Å². The molecule has 1 saturated heterocycles. The number of ether oxygens (including phenoxy) is 3. The Morgan fingerprint density at radius 3 is 3.08 bits per heavy atom. The third-order valence-corrected chi connectivity index (χ3v) is 2.03. The van der Waals surface area contributed by atoms with Crippen molar-refractivity contribution in [2.75, 3.05) is 33.4 Å². The van der Waals surface area contributed by atoms with E-state index >= 15 is 0 Å². The van der Waals surface area contributed by atoms with Gasteiger partial charge in [0, 0.05) is 20.2 Å². The van der Waals surface area contributed by atoms with Crippen molar-refractivity contribution in [1.29, 1.82) is 0 Å². The van der Waals surface area contributed by atoms with Crippen LogP contribution in [0.5, 0.6) is 0 Å². The standard InChI is InChI=1S/C9H19NO3/c1-8-12-5-3-9(13-8)7-10-4-6-11-2/h8-10H,3-7H2,1-2H3/t8-,9-/m1/s1. The van der Waals surface area contributed by atoms with Crippen LogP contribution in [0.25, 0.3) is 0 Å². The zero-order valence-electron chi connectivity index (χ0n) is 8.41. The van der Waals surface area contributed by atoms with Gasteiger partial charge in [0.25, 0.3) is 0 Å². The van der Waals surface area contributed by atoms with E-state index < -0.39 is 0 Å². The van der Waals surface area contributed by atoms with E-state index in [-0.39, 0.29) is 6.29 Å². The first kappa shape index (κ1) is 10.9. The zero-order chi connectivity index (χ0) is 9.52. The van der Waals surface area contributed by atoms with Gasteiger partial charge in [-0.05, 0) is 13.3 Å². The fourth-order valence-corrected chi connectivity index (χ4v) is 1.33. The number of methoxy groups -OCH3 is 1. The van der Waals surface area contributed by atoms with E-state index in [0.717, 1.165) is 32.7 Å². The first-order chi connectivity index (χ1) is 6.33. The van der Waals surface area contributed by atoms with Crippen molar-refractivity contribution in [1.82, 2.24) is 5.32 Å². The van der Waals surface area contributed by atoms with Crippen molar-refractivity contribution in [3.63, 3.8) is 0 Å². The highest BCUT2D eigenvalue weighted by molar-refractivity contribution is 4.65. The quantitative estimate of drug-likeness (QED) is 0.634. The molecule has 1 fully saturated rings. The highest BCUT2D eigenvalue weighted by Gasteiger charge is 2.18. The van der Waals surface area contributed by atoms with Crippen molar-refractivity contribution in [3.8, 4) is 0 Å². The Morgan fingerprint density at radius 2 is 2.38 bits per heavy atom. The van der Waals surface area contributed by atoms with Crippen molar-refractivity contribution in [3.05, 3.63) is 0 Å². The Labute approximate surface area is 79.5 Å². The van der Waals surface area contributed by atoms with Crippen LogP contribution in [0.2, 0.25) is 0 Å². The van der Waals surface area contributed by atoms with Crippen LogP contribution in [-0.4, -0.2) is 45.8 Å². The lowest BCUT2D eigenvalue weighted by molar-refractivity contribution is -0.200. The molecule has 1 aliphatic heterocycles. The van der Waals surface area contributed by atoms with Gasteiger partial charge in [0.1, 0.15) is 0 Å². The Balaban J connectivity index is 2.00. The van der Waals surface area contributed by atoms with Crippen LogP contribution in [0.15, 0.2) is 0 Å². The molecule has 1 rings (SSSR count). The molecule has 1 heterocycles. The molecule has 2 atom stereocenters. The fourth-order valence-electron chi connectivity index (χ4n) is 1.33. The van der Waals surface area contributed by atoms with Crippen LogP contribution < -0.4 is 5.32 Å². The largest absolute Gasteiger partial charge is 0.383 e. The van der Waals surface area contributed by atoms with Gasteiger partial charge < -0.3 is 19.5 Å². The molecule has 0 spiro atoms. The van der Waals surface area contributed by atoms with Gasteiger partial charge in [-0.15, -0.1) is 0 Å². The van der Waals surface area contributed by atoms with Gasteiger partial charge in [0.05, 0.1) is 19.3 Å². The van der Waals surface area contributed by atoms with E-state index in [0.29, 0.717) is 6.10 Å². The minimum Gasteiger partial charge on any atom is -0.383 e. The molecule has 0 unspecified atom stereocenters. The molecule has 0 radical (unpaired) electrons. The van der Waals surface area contributed by atoms with Crippen LogP contribution in [-0.2, 0) is 14.2 Å². The van der Waals surface area contributed by atoms with Gasteiger partial charge in [0.15, 0.2) is 6.29 Å². The summed E-state index contributed by atoms with van der Waals surface area (Å²) < 4.78 is 15.7. The maximum Gasteiger partial charge on any atom is 0.155 e. The van der Waals surface area contributed by atoms with Gasteiger partial charge in [-0.1, -0.05) is 0 Å². The van der Waals surface area contributed by atoms with Crippen molar-refractivity contribution < 1.29 is 14.2 Å². The molecule has 0 aromatic carbocycles. The summed E-state index contributed by atoms with van der Waals surface area (Å²) in [6, 6.07) is 0. The fraction of sp³-hybridized carbons (Fsp3) is 1.00. The summed E-state index contributed by atoms with van der Waals surface area (Å²) in [4.78, 5) is 0. The molecule has 78 valence electrons.